The lowest BCUT2D eigenvalue weighted by Crippen LogP contribution is -2.11. The van der Waals surface area contributed by atoms with Gasteiger partial charge in [0.1, 0.15) is 11.5 Å². The molecule has 0 N–H and O–H groups in total. The number of nitriles is 2. The van der Waals surface area contributed by atoms with Gasteiger partial charge >= 0.3 is 24.7 Å². The molecule has 0 amide bonds. The third kappa shape index (κ3) is 8.12. The summed E-state index contributed by atoms with van der Waals surface area (Å²) in [6.07, 6.45) is -19.1. The number of methoxy groups -OCH3 is 2. The summed E-state index contributed by atoms with van der Waals surface area (Å²) in [7, 11) is 2.14. The van der Waals surface area contributed by atoms with E-state index in [4.69, 9.17) is 9.47 Å². The van der Waals surface area contributed by atoms with Gasteiger partial charge in [-0.15, -0.1) is 0 Å². The Bertz CT molecular complexity index is 1590. The van der Waals surface area contributed by atoms with Gasteiger partial charge in [-0.05, 0) is 71.8 Å². The first-order valence-electron chi connectivity index (χ1n) is 12.2. The molecule has 0 aliphatic heterocycles. The monoisotopic (exact) mass is 664 g/mol. The third-order valence-electron chi connectivity index (χ3n) is 6.22. The Morgan fingerprint density at radius 2 is 0.761 bits per heavy atom. The van der Waals surface area contributed by atoms with Crippen molar-refractivity contribution < 1.29 is 62.2 Å². The largest absolute Gasteiger partial charge is 0.496 e. The molecule has 46 heavy (non-hydrogen) atoms. The minimum atomic E-state index is -5.20. The average Bonchev–Trinajstić information content (AvgIpc) is 2.96. The molecule has 0 radical (unpaired) electrons. The van der Waals surface area contributed by atoms with Crippen molar-refractivity contribution in [2.45, 2.75) is 24.7 Å². The first-order chi connectivity index (χ1) is 21.1. The number of allylic oxidation sites excluding steroid dienone is 2. The molecule has 242 valence electrons. The van der Waals surface area contributed by atoms with E-state index >= 15 is 0 Å². The number of nitrogens with zero attached hydrogens (tertiary/aromatic N) is 2. The summed E-state index contributed by atoms with van der Waals surface area (Å²) in [5, 5.41) is 19.3. The standard InChI is InChI=1S/C30H16F12N2O2/c1-45-25-9-18(4-20(14-44)16-7-23(29(37,38)39)12-24(8-16)30(40,41)42)26(46-2)10-17(25)3-19(13-43)15-5-21(27(31,32)33)11-22(6-15)28(34,35)36/h3-12H,1-2H3/b19-3+,20-4+. The molecular weight excluding hydrogens is 648 g/mol. The minimum absolute atomic E-state index is 0.127. The Hall–Kier alpha value is -5.12. The van der Waals surface area contributed by atoms with Crippen LogP contribution in [0, 0.1) is 22.7 Å². The van der Waals surface area contributed by atoms with Crippen LogP contribution in [0.1, 0.15) is 44.5 Å². The Balaban J connectivity index is 2.25. The highest BCUT2D eigenvalue weighted by atomic mass is 19.4. The molecule has 16 heteroatoms. The van der Waals surface area contributed by atoms with E-state index in [1.807, 2.05) is 0 Å². The molecule has 0 saturated carbocycles. The van der Waals surface area contributed by atoms with Crippen LogP contribution < -0.4 is 9.47 Å². The minimum Gasteiger partial charge on any atom is -0.496 e. The predicted molar refractivity (Wildman–Crippen MR) is 139 cm³/mol. The van der Waals surface area contributed by atoms with Gasteiger partial charge in [0.2, 0.25) is 0 Å². The van der Waals surface area contributed by atoms with Crippen molar-refractivity contribution in [3.8, 4) is 23.6 Å². The normalized spacial score (nSPS) is 13.2. The molecule has 0 atom stereocenters. The molecule has 3 aromatic rings. The lowest BCUT2D eigenvalue weighted by molar-refractivity contribution is -0.144. The molecule has 0 spiro atoms. The fraction of sp³-hybridized carbons (Fsp3) is 0.200. The number of rotatable bonds is 6. The molecule has 3 rings (SSSR count). The van der Waals surface area contributed by atoms with Crippen LogP contribution in [0.15, 0.2) is 48.5 Å². The molecule has 0 aliphatic rings. The van der Waals surface area contributed by atoms with E-state index < -0.39 is 69.2 Å². The van der Waals surface area contributed by atoms with E-state index in [1.54, 1.807) is 0 Å². The van der Waals surface area contributed by atoms with Gasteiger partial charge in [-0.1, -0.05) is 0 Å². The highest BCUT2D eigenvalue weighted by molar-refractivity contribution is 5.94. The van der Waals surface area contributed by atoms with Crippen molar-refractivity contribution in [3.63, 3.8) is 0 Å². The van der Waals surface area contributed by atoms with E-state index in [0.29, 0.717) is 24.3 Å². The van der Waals surface area contributed by atoms with E-state index in [-0.39, 0.29) is 34.8 Å². The highest BCUT2D eigenvalue weighted by Crippen LogP contribution is 2.41. The molecule has 4 nitrogen and oxygen atoms in total. The SMILES string of the molecule is COc1cc(/C=C(\C#N)c2cc(C(F)(F)F)cc(C(F)(F)F)c2)c(OC)cc1/C=C(\C#N)c1cc(C(F)(F)F)cc(C(F)(F)F)c1. The Labute approximate surface area is 252 Å². The summed E-state index contributed by atoms with van der Waals surface area (Å²) < 4.78 is 171. The summed E-state index contributed by atoms with van der Waals surface area (Å²) in [6, 6.07) is 6.24. The second kappa shape index (κ2) is 12.7. The van der Waals surface area contributed by atoms with Crippen LogP contribution in [0.3, 0.4) is 0 Å². The number of halogens is 12. The van der Waals surface area contributed by atoms with Gasteiger partial charge < -0.3 is 9.47 Å². The van der Waals surface area contributed by atoms with Crippen LogP contribution in [0.5, 0.6) is 11.5 Å². The zero-order valence-corrected chi connectivity index (χ0v) is 23.0. The van der Waals surface area contributed by atoms with Crippen LogP contribution in [-0.2, 0) is 24.7 Å². The highest BCUT2D eigenvalue weighted by Gasteiger charge is 2.38. The molecule has 0 heterocycles. The smallest absolute Gasteiger partial charge is 0.416 e. The summed E-state index contributed by atoms with van der Waals surface area (Å²) in [5.74, 6) is -0.444. The van der Waals surface area contributed by atoms with Crippen LogP contribution >= 0.6 is 0 Å². The average molecular weight is 664 g/mol. The molecule has 0 unspecified atom stereocenters. The van der Waals surface area contributed by atoms with Crippen LogP contribution in [0.2, 0.25) is 0 Å². The fourth-order valence-corrected chi connectivity index (χ4v) is 4.06. The Morgan fingerprint density at radius 1 is 0.500 bits per heavy atom. The second-order valence-electron chi connectivity index (χ2n) is 9.26. The van der Waals surface area contributed by atoms with Gasteiger partial charge in [-0.2, -0.15) is 63.2 Å². The number of hydrogen-bond donors (Lipinski definition) is 0. The summed E-state index contributed by atoms with van der Waals surface area (Å²) in [5.41, 5.74) is -9.90. The zero-order valence-electron chi connectivity index (χ0n) is 23.0. The number of alkyl halides is 12. The summed E-state index contributed by atoms with van der Waals surface area (Å²) in [4.78, 5) is 0. The van der Waals surface area contributed by atoms with E-state index in [0.717, 1.165) is 38.5 Å². The van der Waals surface area contributed by atoms with Gasteiger partial charge in [-0.3, -0.25) is 0 Å². The lowest BCUT2D eigenvalue weighted by Gasteiger charge is -2.15. The van der Waals surface area contributed by atoms with Crippen molar-refractivity contribution >= 4 is 23.3 Å². The van der Waals surface area contributed by atoms with Crippen molar-refractivity contribution in [1.82, 2.24) is 0 Å². The van der Waals surface area contributed by atoms with Crippen LogP contribution in [0.4, 0.5) is 52.7 Å². The van der Waals surface area contributed by atoms with Gasteiger partial charge in [-0.25, -0.2) is 0 Å². The quantitative estimate of drug-likeness (QED) is 0.150. The first-order valence-corrected chi connectivity index (χ1v) is 12.2. The maximum atomic E-state index is 13.4. The van der Waals surface area contributed by atoms with Gasteiger partial charge in [0.05, 0.1) is 59.8 Å². The van der Waals surface area contributed by atoms with E-state index in [2.05, 4.69) is 0 Å². The molecule has 3 aromatic carbocycles. The number of benzene rings is 3. The van der Waals surface area contributed by atoms with Gasteiger partial charge in [0.25, 0.3) is 0 Å². The Kier molecular flexibility index (Phi) is 9.77. The Morgan fingerprint density at radius 3 is 0.957 bits per heavy atom. The summed E-state index contributed by atoms with van der Waals surface area (Å²) >= 11 is 0. The third-order valence-corrected chi connectivity index (χ3v) is 6.22. The van der Waals surface area contributed by atoms with E-state index in [1.165, 1.54) is 12.1 Å². The van der Waals surface area contributed by atoms with E-state index in [9.17, 15) is 63.2 Å². The molecule has 0 aliphatic carbocycles. The molecule has 0 aromatic heterocycles. The first kappa shape index (κ1) is 35.4. The number of ether oxygens (including phenoxy) is 2. The molecule has 0 fully saturated rings. The topological polar surface area (TPSA) is 66.0 Å². The lowest BCUT2D eigenvalue weighted by atomic mass is 9.96. The molecule has 0 saturated heterocycles. The maximum absolute atomic E-state index is 13.4. The molecule has 0 bridgehead atoms. The van der Waals surface area contributed by atoms with Gasteiger partial charge in [0, 0.05) is 11.1 Å². The van der Waals surface area contributed by atoms with Crippen LogP contribution in [-0.4, -0.2) is 14.2 Å². The van der Waals surface area contributed by atoms with Crippen molar-refractivity contribution in [3.05, 3.63) is 93.0 Å². The molecular formula is C30H16F12N2O2. The van der Waals surface area contributed by atoms with Crippen molar-refractivity contribution in [2.24, 2.45) is 0 Å². The fourth-order valence-electron chi connectivity index (χ4n) is 4.06. The second-order valence-corrected chi connectivity index (χ2v) is 9.26. The maximum Gasteiger partial charge on any atom is 0.416 e. The predicted octanol–water partition coefficient (Wildman–Crippen LogP) is 9.91. The zero-order chi connectivity index (χ0) is 34.8. The van der Waals surface area contributed by atoms with Crippen molar-refractivity contribution in [2.75, 3.05) is 14.2 Å². The summed E-state index contributed by atoms with van der Waals surface area (Å²) in [6.45, 7) is 0. The van der Waals surface area contributed by atoms with Gasteiger partial charge in [0.15, 0.2) is 0 Å². The number of hydrogen-bond acceptors (Lipinski definition) is 4. The van der Waals surface area contributed by atoms with Crippen molar-refractivity contribution in [1.29, 1.82) is 10.5 Å². The van der Waals surface area contributed by atoms with Crippen LogP contribution in [0.25, 0.3) is 23.3 Å².